The predicted octanol–water partition coefficient (Wildman–Crippen LogP) is 4.12. The Kier molecular flexibility index (Phi) is 3.45. The first-order chi connectivity index (χ1) is 10.0. The Balaban J connectivity index is 2.08. The summed E-state index contributed by atoms with van der Waals surface area (Å²) in [5.74, 6) is 0.101. The van der Waals surface area contributed by atoms with Crippen molar-refractivity contribution in [2.24, 2.45) is 0 Å². The van der Waals surface area contributed by atoms with Crippen molar-refractivity contribution in [3.8, 4) is 34.4 Å². The van der Waals surface area contributed by atoms with Gasteiger partial charge in [-0.05, 0) is 36.4 Å². The lowest BCUT2D eigenvalue weighted by atomic mass is 10.2. The van der Waals surface area contributed by atoms with Crippen LogP contribution in [0.2, 0.25) is 10.0 Å². The lowest BCUT2D eigenvalue weighted by Crippen LogP contribution is -1.79. The van der Waals surface area contributed by atoms with E-state index in [0.29, 0.717) is 21.2 Å². The summed E-state index contributed by atoms with van der Waals surface area (Å²) in [5, 5.41) is 28.2. The lowest BCUT2D eigenvalue weighted by molar-refractivity contribution is 0.470. The molecular formula is C14H8Cl2N2O3. The maximum atomic E-state index is 9.81. The molecule has 0 fully saturated rings. The van der Waals surface area contributed by atoms with E-state index in [2.05, 4.69) is 10.2 Å². The highest BCUT2D eigenvalue weighted by atomic mass is 35.5. The first kappa shape index (κ1) is 13.7. The number of aromatic hydroxyl groups is 2. The molecule has 21 heavy (non-hydrogen) atoms. The van der Waals surface area contributed by atoms with Gasteiger partial charge in [-0.3, -0.25) is 0 Å². The van der Waals surface area contributed by atoms with E-state index in [1.54, 1.807) is 12.1 Å². The molecule has 7 heteroatoms. The number of benzene rings is 2. The average Bonchev–Trinajstić information content (AvgIpc) is 2.93. The summed E-state index contributed by atoms with van der Waals surface area (Å²) in [7, 11) is 0. The second-order valence-electron chi connectivity index (χ2n) is 4.24. The molecule has 0 saturated heterocycles. The van der Waals surface area contributed by atoms with Gasteiger partial charge in [0, 0.05) is 10.0 Å². The second-order valence-corrected chi connectivity index (χ2v) is 5.11. The Hall–Kier alpha value is -2.24. The maximum absolute atomic E-state index is 9.81. The van der Waals surface area contributed by atoms with Crippen LogP contribution in [0, 0.1) is 0 Å². The predicted molar refractivity (Wildman–Crippen MR) is 78.5 cm³/mol. The zero-order valence-electron chi connectivity index (χ0n) is 10.4. The minimum absolute atomic E-state index is 0.0371. The van der Waals surface area contributed by atoms with E-state index in [-0.39, 0.29) is 23.3 Å². The van der Waals surface area contributed by atoms with Crippen LogP contribution in [0.1, 0.15) is 0 Å². The summed E-state index contributed by atoms with van der Waals surface area (Å²) in [6, 6.07) is 8.95. The van der Waals surface area contributed by atoms with Crippen molar-refractivity contribution in [1.29, 1.82) is 0 Å². The van der Waals surface area contributed by atoms with E-state index in [4.69, 9.17) is 27.6 Å². The van der Waals surface area contributed by atoms with E-state index in [0.717, 1.165) is 0 Å². The smallest absolute Gasteiger partial charge is 0.251 e. The summed E-state index contributed by atoms with van der Waals surface area (Å²) in [4.78, 5) is 0. The average molecular weight is 323 g/mol. The van der Waals surface area contributed by atoms with Crippen LogP contribution >= 0.6 is 23.2 Å². The number of phenolic OH excluding ortho intramolecular Hbond substituents is 2. The molecule has 3 rings (SSSR count). The third-order valence-electron chi connectivity index (χ3n) is 2.80. The van der Waals surface area contributed by atoms with Gasteiger partial charge in [0.05, 0.1) is 11.1 Å². The molecule has 1 heterocycles. The molecule has 0 saturated carbocycles. The van der Waals surface area contributed by atoms with Gasteiger partial charge in [-0.1, -0.05) is 23.2 Å². The minimum Gasteiger partial charge on any atom is -0.507 e. The molecule has 0 aliphatic carbocycles. The van der Waals surface area contributed by atoms with Crippen LogP contribution in [0.5, 0.6) is 11.5 Å². The number of halogens is 2. The van der Waals surface area contributed by atoms with Crippen LogP contribution in [0.15, 0.2) is 40.8 Å². The summed E-state index contributed by atoms with van der Waals surface area (Å²) >= 11 is 11.8. The van der Waals surface area contributed by atoms with Gasteiger partial charge in [-0.2, -0.15) is 0 Å². The number of hydrogen-bond acceptors (Lipinski definition) is 5. The molecule has 0 aliphatic rings. The maximum Gasteiger partial charge on any atom is 0.251 e. The van der Waals surface area contributed by atoms with Crippen molar-refractivity contribution in [2.75, 3.05) is 0 Å². The third-order valence-corrected chi connectivity index (χ3v) is 3.27. The lowest BCUT2D eigenvalue weighted by Gasteiger charge is -2.01. The Labute approximate surface area is 129 Å². The molecule has 2 N–H and O–H groups in total. The van der Waals surface area contributed by atoms with Crippen molar-refractivity contribution >= 4 is 23.2 Å². The van der Waals surface area contributed by atoms with Crippen molar-refractivity contribution in [3.05, 3.63) is 46.4 Å². The minimum atomic E-state index is -0.0371. The fourth-order valence-corrected chi connectivity index (χ4v) is 2.14. The van der Waals surface area contributed by atoms with E-state index < -0.39 is 0 Å². The molecule has 106 valence electrons. The fraction of sp³-hybridized carbons (Fsp3) is 0. The number of rotatable bonds is 2. The molecule has 0 radical (unpaired) electrons. The molecule has 0 unspecified atom stereocenters. The SMILES string of the molecule is Oc1ccc(Cl)cc1-c1nnc(-c2cc(Cl)ccc2O)o1. The Morgan fingerprint density at radius 3 is 1.62 bits per heavy atom. The molecule has 2 aromatic carbocycles. The fourth-order valence-electron chi connectivity index (χ4n) is 1.80. The van der Waals surface area contributed by atoms with Gasteiger partial charge in [-0.15, -0.1) is 10.2 Å². The van der Waals surface area contributed by atoms with Crippen molar-refractivity contribution < 1.29 is 14.6 Å². The highest BCUT2D eigenvalue weighted by Crippen LogP contribution is 2.35. The van der Waals surface area contributed by atoms with Crippen molar-refractivity contribution in [1.82, 2.24) is 10.2 Å². The zero-order valence-corrected chi connectivity index (χ0v) is 11.9. The van der Waals surface area contributed by atoms with Gasteiger partial charge >= 0.3 is 0 Å². The van der Waals surface area contributed by atoms with Crippen LogP contribution < -0.4 is 0 Å². The second kappa shape index (κ2) is 5.27. The first-order valence-corrected chi connectivity index (χ1v) is 6.61. The number of phenols is 2. The zero-order chi connectivity index (χ0) is 15.0. The topological polar surface area (TPSA) is 79.4 Å². The molecular weight excluding hydrogens is 315 g/mol. The standard InChI is InChI=1S/C14H8Cl2N2O3/c15-7-1-3-11(19)9(5-7)13-17-18-14(21-13)10-6-8(16)2-4-12(10)20/h1-6,19-20H. The van der Waals surface area contributed by atoms with Crippen LogP contribution in [0.25, 0.3) is 22.9 Å². The Bertz CT molecular complexity index is 752. The van der Waals surface area contributed by atoms with Gasteiger partial charge in [-0.25, -0.2) is 0 Å². The van der Waals surface area contributed by atoms with E-state index in [9.17, 15) is 10.2 Å². The summed E-state index contributed by atoms with van der Waals surface area (Å²) in [5.41, 5.74) is 0.616. The summed E-state index contributed by atoms with van der Waals surface area (Å²) in [6.45, 7) is 0. The van der Waals surface area contributed by atoms with Crippen molar-refractivity contribution in [3.63, 3.8) is 0 Å². The van der Waals surface area contributed by atoms with Crippen LogP contribution in [0.4, 0.5) is 0 Å². The Morgan fingerprint density at radius 2 is 1.19 bits per heavy atom. The van der Waals surface area contributed by atoms with E-state index >= 15 is 0 Å². The van der Waals surface area contributed by atoms with Crippen LogP contribution in [-0.4, -0.2) is 20.4 Å². The van der Waals surface area contributed by atoms with E-state index in [1.807, 2.05) is 0 Å². The molecule has 0 atom stereocenters. The Morgan fingerprint density at radius 1 is 0.762 bits per heavy atom. The largest absolute Gasteiger partial charge is 0.507 e. The van der Waals surface area contributed by atoms with Gasteiger partial charge in [0.1, 0.15) is 11.5 Å². The van der Waals surface area contributed by atoms with Crippen LogP contribution in [0.3, 0.4) is 0 Å². The summed E-state index contributed by atoms with van der Waals surface area (Å²) in [6.07, 6.45) is 0. The molecule has 3 aromatic rings. The quantitative estimate of drug-likeness (QED) is 0.741. The number of aromatic nitrogens is 2. The highest BCUT2D eigenvalue weighted by molar-refractivity contribution is 6.31. The normalized spacial score (nSPS) is 10.8. The molecule has 1 aromatic heterocycles. The van der Waals surface area contributed by atoms with Gasteiger partial charge in [0.15, 0.2) is 0 Å². The molecule has 0 aliphatic heterocycles. The van der Waals surface area contributed by atoms with Gasteiger partial charge in [0.2, 0.25) is 0 Å². The first-order valence-electron chi connectivity index (χ1n) is 5.86. The number of hydrogen-bond donors (Lipinski definition) is 2. The monoisotopic (exact) mass is 322 g/mol. The molecule has 0 spiro atoms. The van der Waals surface area contributed by atoms with Crippen LogP contribution in [-0.2, 0) is 0 Å². The van der Waals surface area contributed by atoms with Gasteiger partial charge < -0.3 is 14.6 Å². The highest BCUT2D eigenvalue weighted by Gasteiger charge is 2.16. The van der Waals surface area contributed by atoms with E-state index in [1.165, 1.54) is 24.3 Å². The third kappa shape index (κ3) is 2.66. The van der Waals surface area contributed by atoms with Crippen molar-refractivity contribution in [2.45, 2.75) is 0 Å². The number of nitrogens with zero attached hydrogens (tertiary/aromatic N) is 2. The van der Waals surface area contributed by atoms with Gasteiger partial charge in [0.25, 0.3) is 11.8 Å². The molecule has 0 bridgehead atoms. The summed E-state index contributed by atoms with van der Waals surface area (Å²) < 4.78 is 5.47. The molecule has 0 amide bonds. The molecule has 5 nitrogen and oxygen atoms in total.